The minimum Gasteiger partial charge on any atom is -0.320 e. The van der Waals surface area contributed by atoms with E-state index in [1.54, 1.807) is 12.1 Å². The molecule has 106 valence electrons. The summed E-state index contributed by atoms with van der Waals surface area (Å²) in [5.41, 5.74) is 9.71. The van der Waals surface area contributed by atoms with E-state index in [9.17, 15) is 4.39 Å². The fraction of sp³-hybridized carbons (Fsp3) is 0.111. The molecule has 3 rings (SSSR count). The Bertz CT molecular complexity index is 813. The molecule has 0 amide bonds. The van der Waals surface area contributed by atoms with Crippen LogP contribution >= 0.6 is 22.6 Å². The largest absolute Gasteiger partial charge is 0.320 e. The van der Waals surface area contributed by atoms with Crippen molar-refractivity contribution in [3.05, 3.63) is 80.7 Å². The first-order chi connectivity index (χ1) is 10.1. The van der Waals surface area contributed by atoms with Gasteiger partial charge in [0, 0.05) is 8.96 Å². The molecule has 0 spiro atoms. The van der Waals surface area contributed by atoms with Crippen LogP contribution in [0.4, 0.5) is 4.39 Å². The van der Waals surface area contributed by atoms with Gasteiger partial charge in [-0.2, -0.15) is 0 Å². The Morgan fingerprint density at radius 1 is 0.905 bits per heavy atom. The number of fused-ring (bicyclic) bond motifs is 1. The average Bonchev–Trinajstić information content (AvgIpc) is 2.50. The standard InChI is InChI=1S/C18H15FIN/c1-11-5-4-8-15(17(11)20)18(21)14-9-10-16(19)13-7-3-2-6-12(13)14/h2-10,18H,21H2,1H3. The van der Waals surface area contributed by atoms with E-state index in [2.05, 4.69) is 35.6 Å². The molecule has 2 N–H and O–H groups in total. The Kier molecular flexibility index (Phi) is 3.95. The van der Waals surface area contributed by atoms with Gasteiger partial charge in [0.2, 0.25) is 0 Å². The summed E-state index contributed by atoms with van der Waals surface area (Å²) in [5, 5.41) is 1.50. The van der Waals surface area contributed by atoms with Gasteiger partial charge in [0.05, 0.1) is 6.04 Å². The Labute approximate surface area is 137 Å². The summed E-state index contributed by atoms with van der Waals surface area (Å²) in [7, 11) is 0. The van der Waals surface area contributed by atoms with Gasteiger partial charge in [-0.15, -0.1) is 0 Å². The molecule has 1 atom stereocenters. The molecule has 0 saturated heterocycles. The maximum absolute atomic E-state index is 13.9. The van der Waals surface area contributed by atoms with E-state index in [1.165, 1.54) is 11.6 Å². The van der Waals surface area contributed by atoms with Gasteiger partial charge in [0.1, 0.15) is 5.82 Å². The summed E-state index contributed by atoms with van der Waals surface area (Å²) in [5.74, 6) is -0.208. The van der Waals surface area contributed by atoms with Gasteiger partial charge in [0.15, 0.2) is 0 Å². The summed E-state index contributed by atoms with van der Waals surface area (Å²) in [6.45, 7) is 2.07. The lowest BCUT2D eigenvalue weighted by atomic mass is 9.93. The van der Waals surface area contributed by atoms with Crippen LogP contribution in [0, 0.1) is 16.3 Å². The number of rotatable bonds is 2. The van der Waals surface area contributed by atoms with Crippen molar-refractivity contribution in [2.45, 2.75) is 13.0 Å². The number of hydrogen-bond donors (Lipinski definition) is 1. The molecule has 0 aromatic heterocycles. The Morgan fingerprint density at radius 3 is 2.38 bits per heavy atom. The highest BCUT2D eigenvalue weighted by Gasteiger charge is 2.16. The first kappa shape index (κ1) is 14.5. The second-order valence-corrected chi connectivity index (χ2v) is 6.22. The van der Waals surface area contributed by atoms with E-state index in [-0.39, 0.29) is 11.9 Å². The SMILES string of the molecule is Cc1cccc(C(N)c2ccc(F)c3ccccc23)c1I. The zero-order valence-corrected chi connectivity index (χ0v) is 13.8. The highest BCUT2D eigenvalue weighted by atomic mass is 127. The van der Waals surface area contributed by atoms with Gasteiger partial charge in [-0.25, -0.2) is 4.39 Å². The predicted molar refractivity (Wildman–Crippen MR) is 93.8 cm³/mol. The molecule has 21 heavy (non-hydrogen) atoms. The van der Waals surface area contributed by atoms with Crippen LogP contribution in [0.25, 0.3) is 10.8 Å². The van der Waals surface area contributed by atoms with Crippen LogP contribution in [0.2, 0.25) is 0 Å². The maximum atomic E-state index is 13.9. The third kappa shape index (κ3) is 2.56. The minimum atomic E-state index is -0.262. The van der Waals surface area contributed by atoms with Crippen molar-refractivity contribution in [3.8, 4) is 0 Å². The van der Waals surface area contributed by atoms with Crippen LogP contribution in [0.1, 0.15) is 22.7 Å². The van der Waals surface area contributed by atoms with Crippen molar-refractivity contribution in [3.63, 3.8) is 0 Å². The van der Waals surface area contributed by atoms with Crippen LogP contribution < -0.4 is 5.73 Å². The van der Waals surface area contributed by atoms with E-state index < -0.39 is 0 Å². The van der Waals surface area contributed by atoms with Crippen LogP contribution in [0.3, 0.4) is 0 Å². The lowest BCUT2D eigenvalue weighted by molar-refractivity contribution is 0.639. The van der Waals surface area contributed by atoms with Gasteiger partial charge < -0.3 is 5.73 Å². The number of halogens is 2. The molecule has 3 aromatic rings. The molecule has 1 unspecified atom stereocenters. The minimum absolute atomic E-state index is 0.208. The van der Waals surface area contributed by atoms with Crippen molar-refractivity contribution in [2.75, 3.05) is 0 Å². The molecule has 0 aliphatic rings. The number of hydrogen-bond acceptors (Lipinski definition) is 1. The van der Waals surface area contributed by atoms with E-state index in [0.29, 0.717) is 5.39 Å². The van der Waals surface area contributed by atoms with E-state index >= 15 is 0 Å². The lowest BCUT2D eigenvalue weighted by Crippen LogP contribution is -2.14. The Balaban J connectivity index is 2.21. The van der Waals surface area contributed by atoms with Crippen LogP contribution in [-0.2, 0) is 0 Å². The number of nitrogens with two attached hydrogens (primary N) is 1. The summed E-state index contributed by atoms with van der Waals surface area (Å²) < 4.78 is 15.1. The molecule has 0 aliphatic heterocycles. The van der Waals surface area contributed by atoms with Crippen molar-refractivity contribution in [1.82, 2.24) is 0 Å². The van der Waals surface area contributed by atoms with Crippen LogP contribution in [-0.4, -0.2) is 0 Å². The second kappa shape index (κ2) is 5.73. The van der Waals surface area contributed by atoms with Gasteiger partial charge in [-0.3, -0.25) is 0 Å². The van der Waals surface area contributed by atoms with Gasteiger partial charge in [-0.05, 0) is 57.7 Å². The van der Waals surface area contributed by atoms with Gasteiger partial charge in [0.25, 0.3) is 0 Å². The van der Waals surface area contributed by atoms with Crippen molar-refractivity contribution in [2.24, 2.45) is 5.73 Å². The molecular formula is C18H15FIN. The van der Waals surface area contributed by atoms with Crippen molar-refractivity contribution >= 4 is 33.4 Å². The molecule has 3 heteroatoms. The summed E-state index contributed by atoms with van der Waals surface area (Å²) in [6, 6.07) is 16.6. The molecule has 3 aromatic carbocycles. The van der Waals surface area contributed by atoms with Crippen LogP contribution in [0.15, 0.2) is 54.6 Å². The van der Waals surface area contributed by atoms with Gasteiger partial charge in [-0.1, -0.05) is 48.5 Å². The predicted octanol–water partition coefficient (Wildman–Crippen LogP) is 4.94. The van der Waals surface area contributed by atoms with E-state index in [4.69, 9.17) is 5.73 Å². The zero-order chi connectivity index (χ0) is 15.0. The summed E-state index contributed by atoms with van der Waals surface area (Å²) >= 11 is 2.32. The third-order valence-electron chi connectivity index (χ3n) is 3.80. The van der Waals surface area contributed by atoms with Crippen molar-refractivity contribution < 1.29 is 4.39 Å². The molecule has 0 aliphatic carbocycles. The first-order valence-electron chi connectivity index (χ1n) is 6.77. The molecule has 0 bridgehead atoms. The fourth-order valence-corrected chi connectivity index (χ4v) is 3.33. The van der Waals surface area contributed by atoms with E-state index in [0.717, 1.165) is 20.1 Å². The average molecular weight is 391 g/mol. The first-order valence-corrected chi connectivity index (χ1v) is 7.85. The molecule has 0 fully saturated rings. The smallest absolute Gasteiger partial charge is 0.131 e. The topological polar surface area (TPSA) is 26.0 Å². The zero-order valence-electron chi connectivity index (χ0n) is 11.6. The quantitative estimate of drug-likeness (QED) is 0.616. The normalized spacial score (nSPS) is 12.6. The van der Waals surface area contributed by atoms with Crippen LogP contribution in [0.5, 0.6) is 0 Å². The fourth-order valence-electron chi connectivity index (χ4n) is 2.63. The molecular weight excluding hydrogens is 376 g/mol. The maximum Gasteiger partial charge on any atom is 0.131 e. The molecule has 0 radical (unpaired) electrons. The van der Waals surface area contributed by atoms with E-state index in [1.807, 2.05) is 30.3 Å². The molecule has 1 nitrogen and oxygen atoms in total. The summed E-state index contributed by atoms with van der Waals surface area (Å²) in [6.07, 6.45) is 0. The highest BCUT2D eigenvalue weighted by molar-refractivity contribution is 14.1. The van der Waals surface area contributed by atoms with Gasteiger partial charge >= 0.3 is 0 Å². The monoisotopic (exact) mass is 391 g/mol. The number of aryl methyl sites for hydroxylation is 1. The Morgan fingerprint density at radius 2 is 1.62 bits per heavy atom. The Hall–Kier alpha value is -1.46. The second-order valence-electron chi connectivity index (χ2n) is 5.14. The van der Waals surface area contributed by atoms with Crippen molar-refractivity contribution in [1.29, 1.82) is 0 Å². The number of benzene rings is 3. The third-order valence-corrected chi connectivity index (χ3v) is 5.27. The summed E-state index contributed by atoms with van der Waals surface area (Å²) in [4.78, 5) is 0. The molecule has 0 saturated carbocycles. The molecule has 0 heterocycles. The highest BCUT2D eigenvalue weighted by Crippen LogP contribution is 2.31. The lowest BCUT2D eigenvalue weighted by Gasteiger charge is -2.18.